The zero-order chi connectivity index (χ0) is 14.2. The quantitative estimate of drug-likeness (QED) is 0.467. The highest BCUT2D eigenvalue weighted by Crippen LogP contribution is 2.20. The number of pyridine rings is 1. The molecule has 0 spiro atoms. The fraction of sp³-hybridized carbons (Fsp3) is 0.0556. The molecule has 0 aliphatic heterocycles. The molecule has 118 valence electrons. The summed E-state index contributed by atoms with van der Waals surface area (Å²) in [7, 11) is 0. The standard InChI is InChI=1S/C18H14ClN2.ClH.H2O/c19-17-8-4-2-6-15(17)13-21-12-11-20-10-9-14-5-1-3-7-16(14)18(20)21;;/h1-12H,13H2;1H;1H2/q+1;;/p-1. The highest BCUT2D eigenvalue weighted by atomic mass is 35.5. The maximum atomic E-state index is 6.29. The van der Waals surface area contributed by atoms with Crippen LogP contribution in [0.25, 0.3) is 16.4 Å². The predicted molar refractivity (Wildman–Crippen MR) is 89.3 cm³/mol. The van der Waals surface area contributed by atoms with Gasteiger partial charge in [0.15, 0.2) is 0 Å². The van der Waals surface area contributed by atoms with Crippen molar-refractivity contribution in [1.82, 2.24) is 4.57 Å². The lowest BCUT2D eigenvalue weighted by Crippen LogP contribution is -3.00. The molecule has 4 aromatic rings. The average Bonchev–Trinajstić information content (AvgIpc) is 2.93. The van der Waals surface area contributed by atoms with Gasteiger partial charge in [-0.2, -0.15) is 0 Å². The SMILES string of the molecule is Clc1ccccc1Cn1cc[n+]2ccc3ccccc3c12.O.[Cl-]. The van der Waals surface area contributed by atoms with Gasteiger partial charge in [0.1, 0.15) is 18.9 Å². The fourth-order valence-electron chi connectivity index (χ4n) is 2.80. The van der Waals surface area contributed by atoms with Crippen molar-refractivity contribution < 1.29 is 22.3 Å². The van der Waals surface area contributed by atoms with Gasteiger partial charge in [0, 0.05) is 10.6 Å². The molecule has 0 aliphatic rings. The Bertz CT molecular complexity index is 950. The van der Waals surface area contributed by atoms with Crippen LogP contribution in [0, 0.1) is 0 Å². The third kappa shape index (κ3) is 3.04. The number of imidazole rings is 1. The topological polar surface area (TPSA) is 40.5 Å². The first-order chi connectivity index (χ1) is 10.3. The largest absolute Gasteiger partial charge is 1.00 e. The Labute approximate surface area is 145 Å². The molecule has 0 unspecified atom stereocenters. The molecule has 0 saturated heterocycles. The van der Waals surface area contributed by atoms with Gasteiger partial charge in [0.05, 0.1) is 11.6 Å². The lowest BCUT2D eigenvalue weighted by atomic mass is 10.1. The van der Waals surface area contributed by atoms with Crippen LogP contribution in [-0.4, -0.2) is 10.0 Å². The van der Waals surface area contributed by atoms with E-state index in [1.54, 1.807) is 0 Å². The summed E-state index contributed by atoms with van der Waals surface area (Å²) in [5.41, 5.74) is 2.32. The van der Waals surface area contributed by atoms with E-state index in [1.165, 1.54) is 16.4 Å². The molecule has 0 saturated carbocycles. The van der Waals surface area contributed by atoms with Crippen molar-refractivity contribution in [3.05, 3.63) is 83.8 Å². The minimum absolute atomic E-state index is 0. The van der Waals surface area contributed by atoms with E-state index in [2.05, 4.69) is 64.0 Å². The number of nitrogens with zero attached hydrogens (tertiary/aromatic N) is 2. The first-order valence-corrected chi connectivity index (χ1v) is 7.32. The van der Waals surface area contributed by atoms with Gasteiger partial charge < -0.3 is 17.9 Å². The first kappa shape index (κ1) is 17.3. The number of halogens is 2. The van der Waals surface area contributed by atoms with E-state index in [4.69, 9.17) is 11.6 Å². The summed E-state index contributed by atoms with van der Waals surface area (Å²) in [5.74, 6) is 0. The van der Waals surface area contributed by atoms with Gasteiger partial charge in [-0.15, -0.1) is 0 Å². The number of fused-ring (bicyclic) bond motifs is 3. The lowest BCUT2D eigenvalue weighted by Gasteiger charge is -2.03. The molecule has 2 heterocycles. The van der Waals surface area contributed by atoms with Gasteiger partial charge in [-0.05, 0) is 23.6 Å². The minimum atomic E-state index is 0. The highest BCUT2D eigenvalue weighted by molar-refractivity contribution is 6.31. The van der Waals surface area contributed by atoms with E-state index in [0.717, 1.165) is 17.1 Å². The van der Waals surface area contributed by atoms with Crippen molar-refractivity contribution in [3.8, 4) is 0 Å². The summed E-state index contributed by atoms with van der Waals surface area (Å²) >= 11 is 6.29. The molecule has 5 heteroatoms. The predicted octanol–water partition coefficient (Wildman–Crippen LogP) is 0.261. The van der Waals surface area contributed by atoms with E-state index in [1.807, 2.05) is 18.2 Å². The van der Waals surface area contributed by atoms with Crippen molar-refractivity contribution in [2.75, 3.05) is 0 Å². The number of hydrogen-bond acceptors (Lipinski definition) is 0. The smallest absolute Gasteiger partial charge is 0.294 e. The zero-order valence-corrected chi connectivity index (χ0v) is 13.8. The van der Waals surface area contributed by atoms with Crippen LogP contribution in [0.1, 0.15) is 5.56 Å². The van der Waals surface area contributed by atoms with Crippen LogP contribution in [0.2, 0.25) is 5.02 Å². The zero-order valence-electron chi connectivity index (χ0n) is 12.3. The van der Waals surface area contributed by atoms with E-state index in [9.17, 15) is 0 Å². The second-order valence-electron chi connectivity index (χ2n) is 5.15. The van der Waals surface area contributed by atoms with Crippen LogP contribution in [0.5, 0.6) is 0 Å². The summed E-state index contributed by atoms with van der Waals surface area (Å²) < 4.78 is 4.39. The Morgan fingerprint density at radius 2 is 1.65 bits per heavy atom. The van der Waals surface area contributed by atoms with Crippen molar-refractivity contribution in [2.45, 2.75) is 6.54 Å². The molecule has 2 aromatic heterocycles. The van der Waals surface area contributed by atoms with Gasteiger partial charge in [0.2, 0.25) is 0 Å². The summed E-state index contributed by atoms with van der Waals surface area (Å²) in [5, 5.41) is 3.30. The van der Waals surface area contributed by atoms with Crippen LogP contribution in [0.15, 0.2) is 73.2 Å². The Hall–Kier alpha value is -2.07. The number of rotatable bonds is 2. The van der Waals surface area contributed by atoms with Crippen molar-refractivity contribution in [1.29, 1.82) is 0 Å². The molecule has 0 bridgehead atoms. The maximum Gasteiger partial charge on any atom is 0.294 e. The summed E-state index contributed by atoms with van der Waals surface area (Å²) in [6, 6.07) is 18.6. The van der Waals surface area contributed by atoms with E-state index in [0.29, 0.717) is 0 Å². The Morgan fingerprint density at radius 1 is 0.913 bits per heavy atom. The summed E-state index contributed by atoms with van der Waals surface area (Å²) in [6.07, 6.45) is 6.28. The van der Waals surface area contributed by atoms with Crippen LogP contribution < -0.4 is 16.8 Å². The Morgan fingerprint density at radius 3 is 2.48 bits per heavy atom. The molecule has 23 heavy (non-hydrogen) atoms. The normalized spacial score (nSPS) is 10.3. The molecule has 0 atom stereocenters. The average molecular weight is 347 g/mol. The maximum absolute atomic E-state index is 6.29. The molecule has 0 radical (unpaired) electrons. The molecule has 2 N–H and O–H groups in total. The van der Waals surface area contributed by atoms with Gasteiger partial charge in [-0.3, -0.25) is 0 Å². The minimum Gasteiger partial charge on any atom is -1.00 e. The van der Waals surface area contributed by atoms with Crippen molar-refractivity contribution in [3.63, 3.8) is 0 Å². The van der Waals surface area contributed by atoms with Gasteiger partial charge in [0.25, 0.3) is 5.65 Å². The van der Waals surface area contributed by atoms with Crippen LogP contribution in [0.3, 0.4) is 0 Å². The summed E-state index contributed by atoms with van der Waals surface area (Å²) in [4.78, 5) is 0. The van der Waals surface area contributed by atoms with Gasteiger partial charge in [-0.1, -0.05) is 48.0 Å². The fourth-order valence-corrected chi connectivity index (χ4v) is 3.00. The van der Waals surface area contributed by atoms with Gasteiger partial charge >= 0.3 is 0 Å². The van der Waals surface area contributed by atoms with Crippen LogP contribution >= 0.6 is 11.6 Å². The third-order valence-electron chi connectivity index (χ3n) is 3.84. The molecule has 0 amide bonds. The number of aromatic nitrogens is 2. The number of hydrogen-bond donors (Lipinski definition) is 0. The van der Waals surface area contributed by atoms with Crippen LogP contribution in [-0.2, 0) is 6.54 Å². The first-order valence-electron chi connectivity index (χ1n) is 6.94. The third-order valence-corrected chi connectivity index (χ3v) is 4.21. The molecule has 0 fully saturated rings. The van der Waals surface area contributed by atoms with Crippen molar-refractivity contribution >= 4 is 28.0 Å². The monoisotopic (exact) mass is 346 g/mol. The number of benzene rings is 2. The van der Waals surface area contributed by atoms with Gasteiger partial charge in [-0.25, -0.2) is 8.97 Å². The van der Waals surface area contributed by atoms with E-state index < -0.39 is 0 Å². The molecular weight excluding hydrogens is 331 g/mol. The molecule has 2 aromatic carbocycles. The second-order valence-corrected chi connectivity index (χ2v) is 5.56. The molecule has 3 nitrogen and oxygen atoms in total. The van der Waals surface area contributed by atoms with E-state index in [-0.39, 0.29) is 17.9 Å². The lowest BCUT2D eigenvalue weighted by molar-refractivity contribution is -0.509. The Kier molecular flexibility index (Phi) is 5.26. The highest BCUT2D eigenvalue weighted by Gasteiger charge is 2.14. The molecular formula is C18H16Cl2N2O. The van der Waals surface area contributed by atoms with Crippen molar-refractivity contribution in [2.24, 2.45) is 0 Å². The van der Waals surface area contributed by atoms with Crippen LogP contribution in [0.4, 0.5) is 0 Å². The second kappa shape index (κ2) is 7.01. The molecule has 4 rings (SSSR count). The molecule has 0 aliphatic carbocycles. The Balaban J connectivity index is 0.000000960. The van der Waals surface area contributed by atoms with E-state index >= 15 is 0 Å². The summed E-state index contributed by atoms with van der Waals surface area (Å²) in [6.45, 7) is 0.768.